The van der Waals surface area contributed by atoms with Crippen LogP contribution in [0.25, 0.3) is 33.5 Å². The quantitative estimate of drug-likeness (QED) is 0.0754. The van der Waals surface area contributed by atoms with Gasteiger partial charge in [0.1, 0.15) is 29.5 Å². The number of nitrogens with zero attached hydrogens (tertiary/aromatic N) is 11. The zero-order valence-corrected chi connectivity index (χ0v) is 56.4. The number of aliphatic hydroxyl groups excluding tert-OH is 6. The fraction of sp³-hybridized carbons (Fsp3) is 0.456. The van der Waals surface area contributed by atoms with E-state index in [1.54, 1.807) is 87.8 Å². The van der Waals surface area contributed by atoms with E-state index in [4.69, 9.17) is 4.98 Å². The summed E-state index contributed by atoms with van der Waals surface area (Å²) in [5.41, 5.74) is 1.89. The van der Waals surface area contributed by atoms with Crippen molar-refractivity contribution >= 4 is 103 Å². The second-order valence-electron chi connectivity index (χ2n) is 25.1. The van der Waals surface area contributed by atoms with Crippen molar-refractivity contribution in [1.29, 1.82) is 0 Å². The zero-order valence-electron chi connectivity index (χ0n) is 54.0. The van der Waals surface area contributed by atoms with Gasteiger partial charge < -0.3 is 76.2 Å². The van der Waals surface area contributed by atoms with E-state index in [0.29, 0.717) is 94.8 Å². The predicted octanol–water partition coefficient (Wildman–Crippen LogP) is 4.41. The van der Waals surface area contributed by atoms with Gasteiger partial charge in [0, 0.05) is 73.7 Å². The van der Waals surface area contributed by atoms with Gasteiger partial charge in [0.25, 0.3) is 0 Å². The van der Waals surface area contributed by atoms with Gasteiger partial charge in [-0.2, -0.15) is 0 Å². The number of fused-ring (bicyclic) bond motifs is 6. The van der Waals surface area contributed by atoms with E-state index < -0.39 is 71.0 Å². The molecule has 6 fully saturated rings. The number of hydrogen-bond acceptors (Lipinski definition) is 23. The molecule has 97 heavy (non-hydrogen) atoms. The molecule has 9 aromatic rings. The average molecular weight is 1370 g/mol. The molecule has 3 amide bonds. The highest BCUT2D eigenvalue weighted by molar-refractivity contribution is 7.13. The molecule has 12 N–H and O–H groups in total. The minimum Gasteiger partial charge on any atom is -0.389 e. The minimum absolute atomic E-state index is 0. The van der Waals surface area contributed by atoms with E-state index in [1.165, 1.54) is 21.7 Å². The van der Waals surface area contributed by atoms with Gasteiger partial charge in [0.05, 0.1) is 92.0 Å². The van der Waals surface area contributed by atoms with Crippen LogP contribution < -0.4 is 31.9 Å². The summed E-state index contributed by atoms with van der Waals surface area (Å²) in [6.07, 6.45) is 0.538. The lowest BCUT2D eigenvalue weighted by atomic mass is 9.98. The molecule has 15 atom stereocenters. The van der Waals surface area contributed by atoms with Gasteiger partial charge in [-0.25, -0.2) is 39.9 Å². The number of imidazole rings is 3. The zero-order chi connectivity index (χ0) is 67.9. The molecular weight excluding hydrogens is 1300 g/mol. The molecule has 29 heteroatoms. The molecule has 9 aromatic heterocycles. The second-order valence-corrected chi connectivity index (χ2v) is 28.9. The molecule has 0 bridgehead atoms. The molecular formula is C68H77N17O9S3. The molecule has 0 saturated heterocycles. The third-order valence-corrected chi connectivity index (χ3v) is 22.3. The number of carbonyl (C=O) groups excluding carboxylic acids is 3. The van der Waals surface area contributed by atoms with Crippen LogP contribution in [0.2, 0.25) is 0 Å². The molecule has 26 nitrogen and oxygen atoms in total. The van der Waals surface area contributed by atoms with Gasteiger partial charge >= 0.3 is 0 Å². The van der Waals surface area contributed by atoms with Crippen molar-refractivity contribution < 1.29 is 45.0 Å². The highest BCUT2D eigenvalue weighted by Crippen LogP contribution is 2.70. The van der Waals surface area contributed by atoms with E-state index in [1.807, 2.05) is 70.2 Å². The SMILES string of the molecule is C.CCCNc1nc(C#Cc2ccc(C)s2)nc2c1ncn2[C@H]1C(O)C(O)[C@]2(C(=O)NC)CC12.CCNc1cc(C#Cc2ccc(C)s2)nc2c1ncn2[C@H]1C(O)C(O)[C@]2(C(=O)NC)CC12.CNC(=O)[C@@]12CC1[C@@H](n1cnc3c(NC)nc(C#Cc4ccc(C)s4)nc31)C(O)C2O. The Morgan fingerprint density at radius 1 is 0.515 bits per heavy atom. The maximum Gasteiger partial charge on any atom is 0.229 e. The third-order valence-electron chi connectivity index (χ3n) is 19.6. The number of anilines is 3. The highest BCUT2D eigenvalue weighted by atomic mass is 32.1. The van der Waals surface area contributed by atoms with Crippen LogP contribution in [0.5, 0.6) is 0 Å². The normalized spacial score (nSPS) is 27.9. The molecule has 9 heterocycles. The maximum atomic E-state index is 12.5. The Kier molecular flexibility index (Phi) is 18.6. The first-order valence-electron chi connectivity index (χ1n) is 31.7. The second kappa shape index (κ2) is 26.5. The summed E-state index contributed by atoms with van der Waals surface area (Å²) in [4.78, 5) is 80.3. The lowest BCUT2D eigenvalue weighted by molar-refractivity contribution is -0.132. The van der Waals surface area contributed by atoms with Crippen molar-refractivity contribution in [3.63, 3.8) is 0 Å². The number of carbonyl (C=O) groups is 3. The van der Waals surface area contributed by atoms with Gasteiger partial charge in [0.2, 0.25) is 29.4 Å². The minimum atomic E-state index is -1.15. The topological polar surface area (TPSA) is 363 Å². The van der Waals surface area contributed by atoms with Crippen LogP contribution in [-0.4, -0.2) is 180 Å². The van der Waals surface area contributed by atoms with Crippen molar-refractivity contribution in [2.75, 3.05) is 57.2 Å². The lowest BCUT2D eigenvalue weighted by Gasteiger charge is -2.23. The Hall–Kier alpha value is -8.93. The first kappa shape index (κ1) is 68.0. The molecule has 6 aliphatic carbocycles. The number of pyridine rings is 1. The fourth-order valence-corrected chi connectivity index (χ4v) is 16.9. The predicted molar refractivity (Wildman–Crippen MR) is 369 cm³/mol. The van der Waals surface area contributed by atoms with Crippen LogP contribution >= 0.6 is 34.0 Å². The first-order valence-corrected chi connectivity index (χ1v) is 34.2. The van der Waals surface area contributed by atoms with Gasteiger partial charge in [-0.3, -0.25) is 14.4 Å². The largest absolute Gasteiger partial charge is 0.389 e. The smallest absolute Gasteiger partial charge is 0.229 e. The maximum absolute atomic E-state index is 12.5. The van der Waals surface area contributed by atoms with Gasteiger partial charge in [-0.1, -0.05) is 14.4 Å². The Balaban J connectivity index is 0.000000138. The number of aliphatic hydroxyl groups is 6. The molecule has 0 aromatic carbocycles. The number of nitrogens with one attached hydrogen (secondary N) is 6. The molecule has 9 unspecified atom stereocenters. The Morgan fingerprint density at radius 3 is 1.27 bits per heavy atom. The van der Waals surface area contributed by atoms with Gasteiger partial charge in [-0.05, 0) is 131 Å². The summed E-state index contributed by atoms with van der Waals surface area (Å²) in [5.74, 6) is 19.0. The molecule has 506 valence electrons. The molecule has 0 aliphatic heterocycles. The Labute approximate surface area is 571 Å². The number of thiophene rings is 3. The lowest BCUT2D eigenvalue weighted by Crippen LogP contribution is -2.41. The summed E-state index contributed by atoms with van der Waals surface area (Å²) >= 11 is 4.83. The van der Waals surface area contributed by atoms with Crippen molar-refractivity contribution in [3.05, 3.63) is 108 Å². The van der Waals surface area contributed by atoms with Crippen LogP contribution in [0.15, 0.2) is 61.4 Å². The summed E-state index contributed by atoms with van der Waals surface area (Å²) in [6, 6.07) is 12.3. The molecule has 15 rings (SSSR count). The first-order chi connectivity index (χ1) is 46.2. The van der Waals surface area contributed by atoms with Crippen molar-refractivity contribution in [3.8, 4) is 35.5 Å². The van der Waals surface area contributed by atoms with Crippen molar-refractivity contribution in [2.24, 2.45) is 34.0 Å². The highest BCUT2D eigenvalue weighted by Gasteiger charge is 2.77. The van der Waals surface area contributed by atoms with Crippen molar-refractivity contribution in [2.45, 2.75) is 122 Å². The summed E-state index contributed by atoms with van der Waals surface area (Å²) < 4.78 is 5.31. The van der Waals surface area contributed by atoms with Crippen molar-refractivity contribution in [1.82, 2.24) is 69.5 Å². The third kappa shape index (κ3) is 11.5. The average Bonchev–Trinajstić information content (AvgIpc) is 1.53. The van der Waals surface area contributed by atoms with Crippen LogP contribution in [0, 0.1) is 90.3 Å². The van der Waals surface area contributed by atoms with E-state index in [2.05, 4.69) is 109 Å². The number of amides is 3. The van der Waals surface area contributed by atoms with E-state index in [-0.39, 0.29) is 42.9 Å². The molecule has 6 saturated carbocycles. The van der Waals surface area contributed by atoms with Crippen LogP contribution in [0.4, 0.5) is 17.3 Å². The Bertz CT molecular complexity index is 4750. The molecule has 0 radical (unpaired) electrons. The summed E-state index contributed by atoms with van der Waals surface area (Å²) in [7, 11) is 6.38. The summed E-state index contributed by atoms with van der Waals surface area (Å²) in [6.45, 7) is 11.6. The number of aromatic nitrogens is 11. The van der Waals surface area contributed by atoms with E-state index in [9.17, 15) is 45.0 Å². The van der Waals surface area contributed by atoms with Gasteiger partial charge in [0.15, 0.2) is 39.6 Å². The molecule has 0 spiro atoms. The van der Waals surface area contributed by atoms with Crippen LogP contribution in [-0.2, 0) is 14.4 Å². The molecule has 6 aliphatic rings. The monoisotopic (exact) mass is 1370 g/mol. The number of hydrogen-bond donors (Lipinski definition) is 12. The van der Waals surface area contributed by atoms with Crippen LogP contribution in [0.1, 0.15) is 112 Å². The van der Waals surface area contributed by atoms with Gasteiger partial charge in [-0.15, -0.1) is 34.0 Å². The number of rotatable bonds is 12. The Morgan fingerprint density at radius 2 is 0.897 bits per heavy atom. The van der Waals surface area contributed by atoms with E-state index in [0.717, 1.165) is 26.7 Å². The number of aryl methyl sites for hydroxylation is 3. The fourth-order valence-electron chi connectivity index (χ4n) is 14.8. The summed E-state index contributed by atoms with van der Waals surface area (Å²) in [5, 5.41) is 82.1. The van der Waals surface area contributed by atoms with E-state index >= 15 is 0 Å². The van der Waals surface area contributed by atoms with Crippen LogP contribution in [0.3, 0.4) is 0 Å². The standard InChI is InChI=1S/C23H26N6O3S.C23H25N5O3S.C21H22N6O3S.CH4/c1-4-9-25-20-16-21(28-15(27-20)8-7-13-6-5-12(2)33-13)29(11-26-16)17-14-10-23(14,22(32)24-3)19(31)18(17)30;1-4-25-16-9-13(6-8-14-7-5-12(2)32-14)27-21-17(16)26-11-28(21)18-15-10-23(15,22(31)24-3)20(30)19(18)29;1-10-4-5-11(31-10)6-7-13-25-18(22-2)14-19(26-13)27(9-24-14)15-12-8-21(12,20(30)23-3)17(29)16(15)28;/h5-6,11,14,17-19,30-31H,4,9-10H2,1-3H3,(H,24,32)(H,25,27,28);5,7,9,11,15,18-20,29-30H,4,10H2,1-3H3,(H,24,31)(H,25,27);4-5,9,12,15-17,28-29H,8H2,1-3H3,(H,23,30)(H,22,25,26);1H4/t14?,17-,18?,19?,23+;15?,18-,19?,20?,23+;12?,15-,16?,17?,21+;/m111./s1.